The Morgan fingerprint density at radius 1 is 1.06 bits per heavy atom. The van der Waals surface area contributed by atoms with Crippen LogP contribution < -0.4 is 0 Å². The fourth-order valence-corrected chi connectivity index (χ4v) is 3.57. The van der Waals surface area contributed by atoms with Crippen LogP contribution in [-0.2, 0) is 9.53 Å². The molecular formula is C15H26O2. The number of carbonyl (C=O) groups excluding carboxylic acids is 1. The van der Waals surface area contributed by atoms with Gasteiger partial charge in [-0.3, -0.25) is 4.79 Å². The topological polar surface area (TPSA) is 26.3 Å². The van der Waals surface area contributed by atoms with E-state index in [1.165, 1.54) is 19.3 Å². The average molecular weight is 238 g/mol. The SMILES string of the molecule is CC1CC(C)CC(OCC(=O)C2CCCC2)C1. The number of ketones is 1. The first-order valence-corrected chi connectivity index (χ1v) is 7.29. The van der Waals surface area contributed by atoms with E-state index in [-0.39, 0.29) is 0 Å². The number of ether oxygens (including phenoxy) is 1. The molecule has 0 bridgehead atoms. The molecule has 2 aliphatic carbocycles. The standard InChI is InChI=1S/C15H26O2/c1-11-7-12(2)9-14(8-11)17-10-15(16)13-5-3-4-6-13/h11-14H,3-10H2,1-2H3. The maximum absolute atomic E-state index is 11.9. The molecule has 0 N–H and O–H groups in total. The highest BCUT2D eigenvalue weighted by molar-refractivity contribution is 5.82. The van der Waals surface area contributed by atoms with Gasteiger partial charge in [0.1, 0.15) is 6.61 Å². The molecule has 0 aromatic rings. The van der Waals surface area contributed by atoms with Crippen LogP contribution in [0, 0.1) is 17.8 Å². The van der Waals surface area contributed by atoms with E-state index in [9.17, 15) is 4.79 Å². The zero-order chi connectivity index (χ0) is 12.3. The molecular weight excluding hydrogens is 212 g/mol. The van der Waals surface area contributed by atoms with E-state index < -0.39 is 0 Å². The summed E-state index contributed by atoms with van der Waals surface area (Å²) in [7, 11) is 0. The molecule has 0 aromatic heterocycles. The van der Waals surface area contributed by atoms with Crippen molar-refractivity contribution >= 4 is 5.78 Å². The van der Waals surface area contributed by atoms with Gasteiger partial charge in [-0.05, 0) is 43.9 Å². The molecule has 2 fully saturated rings. The Balaban J connectivity index is 1.71. The average Bonchev–Trinajstić information content (AvgIpc) is 2.78. The second kappa shape index (κ2) is 5.99. The van der Waals surface area contributed by atoms with Crippen LogP contribution in [0.15, 0.2) is 0 Å². The molecule has 2 atom stereocenters. The smallest absolute Gasteiger partial charge is 0.161 e. The molecule has 2 rings (SSSR count). The van der Waals surface area contributed by atoms with E-state index in [0.717, 1.165) is 37.5 Å². The highest BCUT2D eigenvalue weighted by Crippen LogP contribution is 2.31. The monoisotopic (exact) mass is 238 g/mol. The number of Topliss-reactive ketones (excluding diaryl/α,β-unsaturated/α-hetero) is 1. The first kappa shape index (κ1) is 13.1. The van der Waals surface area contributed by atoms with Gasteiger partial charge in [-0.25, -0.2) is 0 Å². The van der Waals surface area contributed by atoms with E-state index in [0.29, 0.717) is 24.4 Å². The number of hydrogen-bond donors (Lipinski definition) is 0. The Labute approximate surface area is 105 Å². The fraction of sp³-hybridized carbons (Fsp3) is 0.933. The van der Waals surface area contributed by atoms with Crippen LogP contribution in [0.2, 0.25) is 0 Å². The zero-order valence-electron chi connectivity index (χ0n) is 11.3. The van der Waals surface area contributed by atoms with Gasteiger partial charge in [-0.15, -0.1) is 0 Å². The lowest BCUT2D eigenvalue weighted by Crippen LogP contribution is -2.29. The third-order valence-electron chi connectivity index (χ3n) is 4.41. The summed E-state index contributed by atoms with van der Waals surface area (Å²) >= 11 is 0. The molecule has 0 heterocycles. The van der Waals surface area contributed by atoms with Gasteiger partial charge in [0.2, 0.25) is 0 Å². The summed E-state index contributed by atoms with van der Waals surface area (Å²) in [5.74, 6) is 2.18. The van der Waals surface area contributed by atoms with E-state index in [2.05, 4.69) is 13.8 Å². The predicted octanol–water partition coefficient (Wildman–Crippen LogP) is 3.59. The van der Waals surface area contributed by atoms with Crippen molar-refractivity contribution in [1.29, 1.82) is 0 Å². The predicted molar refractivity (Wildman–Crippen MR) is 68.9 cm³/mol. The summed E-state index contributed by atoms with van der Waals surface area (Å²) < 4.78 is 5.85. The van der Waals surface area contributed by atoms with Crippen molar-refractivity contribution in [1.82, 2.24) is 0 Å². The molecule has 0 radical (unpaired) electrons. The van der Waals surface area contributed by atoms with Crippen molar-refractivity contribution in [2.45, 2.75) is 64.9 Å². The first-order chi connectivity index (χ1) is 8.15. The van der Waals surface area contributed by atoms with E-state index in [1.54, 1.807) is 0 Å². The van der Waals surface area contributed by atoms with Crippen LogP contribution in [0.25, 0.3) is 0 Å². The van der Waals surface area contributed by atoms with Crippen LogP contribution in [0.4, 0.5) is 0 Å². The van der Waals surface area contributed by atoms with Gasteiger partial charge < -0.3 is 4.74 Å². The van der Waals surface area contributed by atoms with Crippen LogP contribution >= 0.6 is 0 Å². The van der Waals surface area contributed by atoms with Gasteiger partial charge in [0.15, 0.2) is 5.78 Å². The van der Waals surface area contributed by atoms with E-state index >= 15 is 0 Å². The molecule has 17 heavy (non-hydrogen) atoms. The fourth-order valence-electron chi connectivity index (χ4n) is 3.57. The lowest BCUT2D eigenvalue weighted by molar-refractivity contribution is -0.130. The molecule has 2 saturated carbocycles. The normalized spacial score (nSPS) is 35.1. The van der Waals surface area contributed by atoms with E-state index in [4.69, 9.17) is 4.74 Å². The minimum Gasteiger partial charge on any atom is -0.370 e. The third kappa shape index (κ3) is 3.80. The van der Waals surface area contributed by atoms with Crippen molar-refractivity contribution < 1.29 is 9.53 Å². The van der Waals surface area contributed by atoms with Crippen molar-refractivity contribution in [2.24, 2.45) is 17.8 Å². The number of hydrogen-bond acceptors (Lipinski definition) is 2. The van der Waals surface area contributed by atoms with Crippen LogP contribution in [-0.4, -0.2) is 18.5 Å². The Bertz CT molecular complexity index is 246. The molecule has 2 heteroatoms. The molecule has 0 aliphatic heterocycles. The summed E-state index contributed by atoms with van der Waals surface area (Å²) in [5.41, 5.74) is 0. The van der Waals surface area contributed by atoms with Crippen molar-refractivity contribution in [3.8, 4) is 0 Å². The summed E-state index contributed by atoms with van der Waals surface area (Å²) in [5, 5.41) is 0. The Morgan fingerprint density at radius 3 is 2.24 bits per heavy atom. The molecule has 2 unspecified atom stereocenters. The molecule has 98 valence electrons. The van der Waals surface area contributed by atoms with Crippen LogP contribution in [0.3, 0.4) is 0 Å². The van der Waals surface area contributed by atoms with Gasteiger partial charge in [0.05, 0.1) is 6.10 Å². The van der Waals surface area contributed by atoms with Gasteiger partial charge in [0.25, 0.3) is 0 Å². The maximum Gasteiger partial charge on any atom is 0.161 e. The second-order valence-corrected chi connectivity index (χ2v) is 6.30. The molecule has 0 saturated heterocycles. The van der Waals surface area contributed by atoms with E-state index in [1.807, 2.05) is 0 Å². The molecule has 0 amide bonds. The lowest BCUT2D eigenvalue weighted by Gasteiger charge is -2.31. The van der Waals surface area contributed by atoms with Crippen molar-refractivity contribution in [3.05, 3.63) is 0 Å². The Kier molecular flexibility index (Phi) is 4.61. The highest BCUT2D eigenvalue weighted by atomic mass is 16.5. The molecule has 0 spiro atoms. The van der Waals surface area contributed by atoms with Crippen LogP contribution in [0.1, 0.15) is 58.8 Å². The highest BCUT2D eigenvalue weighted by Gasteiger charge is 2.27. The Morgan fingerprint density at radius 2 is 1.65 bits per heavy atom. The molecule has 2 nitrogen and oxygen atoms in total. The van der Waals surface area contributed by atoms with Crippen molar-refractivity contribution in [3.63, 3.8) is 0 Å². The summed E-state index contributed by atoms with van der Waals surface area (Å²) in [6.45, 7) is 4.96. The van der Waals surface area contributed by atoms with Gasteiger partial charge >= 0.3 is 0 Å². The number of carbonyl (C=O) groups is 1. The second-order valence-electron chi connectivity index (χ2n) is 6.30. The minimum atomic E-state index is 0.313. The van der Waals surface area contributed by atoms with Gasteiger partial charge in [-0.2, -0.15) is 0 Å². The van der Waals surface area contributed by atoms with Crippen LogP contribution in [0.5, 0.6) is 0 Å². The Hall–Kier alpha value is -0.370. The van der Waals surface area contributed by atoms with Gasteiger partial charge in [0, 0.05) is 5.92 Å². The lowest BCUT2D eigenvalue weighted by atomic mass is 9.82. The summed E-state index contributed by atoms with van der Waals surface area (Å²) in [4.78, 5) is 11.9. The quantitative estimate of drug-likeness (QED) is 0.748. The molecule has 2 aliphatic rings. The minimum absolute atomic E-state index is 0.313. The largest absolute Gasteiger partial charge is 0.370 e. The molecule has 0 aromatic carbocycles. The summed E-state index contributed by atoms with van der Waals surface area (Å²) in [6, 6.07) is 0. The van der Waals surface area contributed by atoms with Gasteiger partial charge in [-0.1, -0.05) is 26.7 Å². The maximum atomic E-state index is 11.9. The summed E-state index contributed by atoms with van der Waals surface area (Å²) in [6.07, 6.45) is 8.58. The zero-order valence-corrected chi connectivity index (χ0v) is 11.3. The van der Waals surface area contributed by atoms with Crippen molar-refractivity contribution in [2.75, 3.05) is 6.61 Å². The number of rotatable bonds is 4. The third-order valence-corrected chi connectivity index (χ3v) is 4.41. The first-order valence-electron chi connectivity index (χ1n) is 7.29.